The smallest absolute Gasteiger partial charge is 0.254 e. The van der Waals surface area contributed by atoms with Crippen LogP contribution in [0.2, 0.25) is 0 Å². The Hall–Kier alpha value is -1.30. The van der Waals surface area contributed by atoms with E-state index in [1.807, 2.05) is 6.92 Å². The van der Waals surface area contributed by atoms with Crippen LogP contribution in [-0.4, -0.2) is 27.3 Å². The summed E-state index contributed by atoms with van der Waals surface area (Å²) in [6.45, 7) is 1.82. The first-order valence-corrected chi connectivity index (χ1v) is 7.14. The fourth-order valence-electron chi connectivity index (χ4n) is 2.14. The number of hydrogen-bond acceptors (Lipinski definition) is 4. The van der Waals surface area contributed by atoms with E-state index >= 15 is 0 Å². The van der Waals surface area contributed by atoms with Crippen LogP contribution >= 0.6 is 11.8 Å². The van der Waals surface area contributed by atoms with Crippen LogP contribution in [0.5, 0.6) is 0 Å². The van der Waals surface area contributed by atoms with E-state index in [0.29, 0.717) is 12.5 Å². The monoisotopic (exact) mass is 265 g/mol. The molecular formula is C12H15N3O2S. The lowest BCUT2D eigenvalue weighted by molar-refractivity contribution is -0.121. The van der Waals surface area contributed by atoms with E-state index in [2.05, 4.69) is 10.3 Å². The number of hydrogen-bond donors (Lipinski definition) is 1. The van der Waals surface area contributed by atoms with E-state index in [4.69, 9.17) is 0 Å². The zero-order chi connectivity index (χ0) is 12.7. The van der Waals surface area contributed by atoms with Crippen molar-refractivity contribution in [3.8, 4) is 0 Å². The molecule has 5 nitrogen and oxygen atoms in total. The SMILES string of the molecule is Cc1cc(=O)n2c(n1)SC[C@@H]2CC(=O)NC1CC1. The third kappa shape index (κ3) is 2.29. The maximum Gasteiger partial charge on any atom is 0.254 e. The first-order valence-electron chi connectivity index (χ1n) is 6.16. The van der Waals surface area contributed by atoms with Crippen molar-refractivity contribution >= 4 is 17.7 Å². The van der Waals surface area contributed by atoms with E-state index in [9.17, 15) is 9.59 Å². The van der Waals surface area contributed by atoms with Crippen molar-refractivity contribution in [3.63, 3.8) is 0 Å². The molecule has 6 heteroatoms. The minimum Gasteiger partial charge on any atom is -0.353 e. The lowest BCUT2D eigenvalue weighted by Crippen LogP contribution is -2.31. The minimum atomic E-state index is -0.0515. The molecule has 0 spiro atoms. The van der Waals surface area contributed by atoms with Crippen molar-refractivity contribution in [2.24, 2.45) is 0 Å². The van der Waals surface area contributed by atoms with Crippen molar-refractivity contribution < 1.29 is 4.79 Å². The Kier molecular flexibility index (Phi) is 2.89. The zero-order valence-electron chi connectivity index (χ0n) is 10.2. The van der Waals surface area contributed by atoms with Crippen LogP contribution in [0.25, 0.3) is 0 Å². The molecule has 1 atom stereocenters. The van der Waals surface area contributed by atoms with Gasteiger partial charge in [0.1, 0.15) is 0 Å². The number of thioether (sulfide) groups is 1. The highest BCUT2D eigenvalue weighted by atomic mass is 32.2. The van der Waals surface area contributed by atoms with Gasteiger partial charge >= 0.3 is 0 Å². The summed E-state index contributed by atoms with van der Waals surface area (Å²) < 4.78 is 1.66. The van der Waals surface area contributed by atoms with Gasteiger partial charge in [-0.2, -0.15) is 0 Å². The van der Waals surface area contributed by atoms with Crippen molar-refractivity contribution in [1.82, 2.24) is 14.9 Å². The summed E-state index contributed by atoms with van der Waals surface area (Å²) in [4.78, 5) is 28.1. The molecule has 3 rings (SSSR count). The molecule has 96 valence electrons. The van der Waals surface area contributed by atoms with E-state index in [1.165, 1.54) is 6.07 Å². The highest BCUT2D eigenvalue weighted by molar-refractivity contribution is 7.99. The number of carbonyl (C=O) groups excluding carboxylic acids is 1. The molecule has 1 aromatic heterocycles. The molecule has 0 saturated heterocycles. The molecule has 0 radical (unpaired) electrons. The van der Waals surface area contributed by atoms with Gasteiger partial charge in [0.2, 0.25) is 5.91 Å². The van der Waals surface area contributed by atoms with Crippen molar-refractivity contribution in [3.05, 3.63) is 22.1 Å². The number of amides is 1. The Bertz CT molecular complexity index is 551. The van der Waals surface area contributed by atoms with Crippen LogP contribution in [0.4, 0.5) is 0 Å². The molecule has 1 amide bonds. The number of rotatable bonds is 3. The molecule has 18 heavy (non-hydrogen) atoms. The fraction of sp³-hybridized carbons (Fsp3) is 0.583. The molecule has 1 aliphatic heterocycles. The van der Waals surface area contributed by atoms with Gasteiger partial charge in [0.25, 0.3) is 5.56 Å². The van der Waals surface area contributed by atoms with Crippen LogP contribution in [0.3, 0.4) is 0 Å². The average Bonchev–Trinajstić information content (AvgIpc) is 2.99. The van der Waals surface area contributed by atoms with E-state index < -0.39 is 0 Å². The second-order valence-corrected chi connectivity index (χ2v) is 5.89. The van der Waals surface area contributed by atoms with Crippen LogP contribution in [0, 0.1) is 6.92 Å². The molecule has 1 fully saturated rings. The van der Waals surface area contributed by atoms with Gasteiger partial charge in [0, 0.05) is 30.0 Å². The molecule has 1 saturated carbocycles. The standard InChI is InChI=1S/C12H15N3O2S/c1-7-4-11(17)15-9(6-18-12(15)13-7)5-10(16)14-8-2-3-8/h4,8-9H,2-3,5-6H2,1H3,(H,14,16)/t9-/m0/s1. The molecule has 0 bridgehead atoms. The summed E-state index contributed by atoms with van der Waals surface area (Å²) in [5, 5.41) is 3.70. The van der Waals surface area contributed by atoms with Crippen molar-refractivity contribution in [1.29, 1.82) is 0 Å². The van der Waals surface area contributed by atoms with Gasteiger partial charge in [-0.05, 0) is 19.8 Å². The molecule has 2 aliphatic rings. The normalized spacial score (nSPS) is 21.7. The maximum absolute atomic E-state index is 11.9. The summed E-state index contributed by atoms with van der Waals surface area (Å²) in [5.41, 5.74) is 0.688. The van der Waals surface area contributed by atoms with Gasteiger partial charge < -0.3 is 5.32 Å². The summed E-state index contributed by atoms with van der Waals surface area (Å²) in [6.07, 6.45) is 2.55. The number of aryl methyl sites for hydroxylation is 1. The van der Waals surface area contributed by atoms with Crippen LogP contribution in [0.15, 0.2) is 16.0 Å². The highest BCUT2D eigenvalue weighted by Crippen LogP contribution is 2.32. The number of nitrogens with one attached hydrogen (secondary N) is 1. The van der Waals surface area contributed by atoms with Gasteiger partial charge in [-0.15, -0.1) is 0 Å². The van der Waals surface area contributed by atoms with Crippen LogP contribution in [-0.2, 0) is 4.79 Å². The van der Waals surface area contributed by atoms with E-state index in [1.54, 1.807) is 16.3 Å². The zero-order valence-corrected chi connectivity index (χ0v) is 11.0. The number of fused-ring (bicyclic) bond motifs is 1. The topological polar surface area (TPSA) is 64.0 Å². The largest absolute Gasteiger partial charge is 0.353 e. The lowest BCUT2D eigenvalue weighted by atomic mass is 10.2. The quantitative estimate of drug-likeness (QED) is 0.824. The fourth-order valence-corrected chi connectivity index (χ4v) is 3.34. The summed E-state index contributed by atoms with van der Waals surface area (Å²) in [5.74, 6) is 0.799. The second-order valence-electron chi connectivity index (χ2n) is 4.90. The predicted molar refractivity (Wildman–Crippen MR) is 68.8 cm³/mol. The Morgan fingerprint density at radius 2 is 2.39 bits per heavy atom. The Morgan fingerprint density at radius 3 is 3.11 bits per heavy atom. The Labute approximate surface area is 109 Å². The van der Waals surface area contributed by atoms with Gasteiger partial charge in [0.15, 0.2) is 5.16 Å². The molecule has 2 heterocycles. The minimum absolute atomic E-state index is 0.0448. The van der Waals surface area contributed by atoms with Gasteiger partial charge in [-0.1, -0.05) is 11.8 Å². The number of carbonyl (C=O) groups is 1. The first-order chi connectivity index (χ1) is 8.63. The summed E-state index contributed by atoms with van der Waals surface area (Å²) in [7, 11) is 0. The molecule has 1 aromatic rings. The Morgan fingerprint density at radius 1 is 1.61 bits per heavy atom. The first kappa shape index (κ1) is 11.8. The highest BCUT2D eigenvalue weighted by Gasteiger charge is 2.29. The Balaban J connectivity index is 1.77. The summed E-state index contributed by atoms with van der Waals surface area (Å²) >= 11 is 1.55. The molecule has 1 aliphatic carbocycles. The van der Waals surface area contributed by atoms with E-state index in [0.717, 1.165) is 29.4 Å². The third-order valence-electron chi connectivity index (χ3n) is 3.18. The van der Waals surface area contributed by atoms with Gasteiger partial charge in [-0.3, -0.25) is 14.2 Å². The van der Waals surface area contributed by atoms with Gasteiger partial charge in [-0.25, -0.2) is 4.98 Å². The van der Waals surface area contributed by atoms with Crippen LogP contribution in [0.1, 0.15) is 31.0 Å². The second kappa shape index (κ2) is 4.42. The molecular weight excluding hydrogens is 250 g/mol. The summed E-state index contributed by atoms with van der Waals surface area (Å²) in [6, 6.07) is 1.85. The molecule has 0 aromatic carbocycles. The molecule has 1 N–H and O–H groups in total. The number of aromatic nitrogens is 2. The molecule has 0 unspecified atom stereocenters. The van der Waals surface area contributed by atoms with Gasteiger partial charge in [0.05, 0.1) is 6.04 Å². The predicted octanol–water partition coefficient (Wildman–Crippen LogP) is 0.867. The third-order valence-corrected chi connectivity index (χ3v) is 4.28. The number of nitrogens with zero attached hydrogens (tertiary/aromatic N) is 2. The maximum atomic E-state index is 11.9. The van der Waals surface area contributed by atoms with Crippen molar-refractivity contribution in [2.45, 2.75) is 43.4 Å². The van der Waals surface area contributed by atoms with Crippen LogP contribution < -0.4 is 10.9 Å². The van der Waals surface area contributed by atoms with Crippen molar-refractivity contribution in [2.75, 3.05) is 5.75 Å². The lowest BCUT2D eigenvalue weighted by Gasteiger charge is -2.12. The van der Waals surface area contributed by atoms with E-state index in [-0.39, 0.29) is 17.5 Å². The average molecular weight is 265 g/mol.